The second-order valence-electron chi connectivity index (χ2n) is 4.94. The number of aromatic nitrogens is 1. The first-order valence-electron chi connectivity index (χ1n) is 6.93. The standard InChI is InChI=1S/C18H11ClN2O2S/c19-14-7-11(8-16(22)17(14)23)6-13(9-20)18-21-15(10-24-18)12-4-2-1-3-5-12/h1-8,10,22-23H/b13-6+. The normalized spacial score (nSPS) is 11.2. The van der Waals surface area contributed by atoms with Crippen LogP contribution in [0.1, 0.15) is 10.6 Å². The molecule has 3 rings (SSSR count). The smallest absolute Gasteiger partial charge is 0.176 e. The van der Waals surface area contributed by atoms with E-state index in [1.807, 2.05) is 35.7 Å². The van der Waals surface area contributed by atoms with Crippen molar-refractivity contribution in [2.75, 3.05) is 0 Å². The van der Waals surface area contributed by atoms with Crippen LogP contribution in [0.5, 0.6) is 11.5 Å². The highest BCUT2D eigenvalue weighted by Crippen LogP contribution is 2.35. The Labute approximate surface area is 147 Å². The van der Waals surface area contributed by atoms with Crippen molar-refractivity contribution in [1.82, 2.24) is 4.98 Å². The van der Waals surface area contributed by atoms with Gasteiger partial charge in [-0.25, -0.2) is 4.98 Å². The molecule has 0 saturated heterocycles. The molecule has 0 fully saturated rings. The number of nitriles is 1. The van der Waals surface area contributed by atoms with E-state index >= 15 is 0 Å². The highest BCUT2D eigenvalue weighted by Gasteiger charge is 2.11. The molecular weight excluding hydrogens is 344 g/mol. The van der Waals surface area contributed by atoms with Crippen LogP contribution in [-0.2, 0) is 0 Å². The van der Waals surface area contributed by atoms with Gasteiger partial charge in [-0.1, -0.05) is 41.9 Å². The summed E-state index contributed by atoms with van der Waals surface area (Å²) >= 11 is 7.20. The van der Waals surface area contributed by atoms with Gasteiger partial charge in [0, 0.05) is 10.9 Å². The highest BCUT2D eigenvalue weighted by atomic mass is 35.5. The minimum Gasteiger partial charge on any atom is -0.504 e. The molecular formula is C18H11ClN2O2S. The number of hydrogen-bond donors (Lipinski definition) is 2. The molecule has 2 aromatic carbocycles. The lowest BCUT2D eigenvalue weighted by Gasteiger charge is -2.02. The molecule has 1 aromatic heterocycles. The Morgan fingerprint density at radius 1 is 1.21 bits per heavy atom. The number of hydrogen-bond acceptors (Lipinski definition) is 5. The molecule has 0 aliphatic rings. The quantitative estimate of drug-likeness (QED) is 0.516. The van der Waals surface area contributed by atoms with E-state index in [0.717, 1.165) is 11.3 Å². The first-order chi connectivity index (χ1) is 11.6. The summed E-state index contributed by atoms with van der Waals surface area (Å²) in [6, 6.07) is 14.6. The second kappa shape index (κ2) is 6.75. The van der Waals surface area contributed by atoms with E-state index < -0.39 is 0 Å². The van der Waals surface area contributed by atoms with E-state index in [1.165, 1.54) is 23.5 Å². The molecule has 118 valence electrons. The van der Waals surface area contributed by atoms with Crippen molar-refractivity contribution < 1.29 is 10.2 Å². The third-order valence-electron chi connectivity index (χ3n) is 3.30. The van der Waals surface area contributed by atoms with Crippen LogP contribution in [0.25, 0.3) is 22.9 Å². The van der Waals surface area contributed by atoms with Gasteiger partial charge < -0.3 is 10.2 Å². The Bertz CT molecular complexity index is 936. The molecule has 0 bridgehead atoms. The second-order valence-corrected chi connectivity index (χ2v) is 6.21. The first kappa shape index (κ1) is 16.1. The molecule has 24 heavy (non-hydrogen) atoms. The fourth-order valence-electron chi connectivity index (χ4n) is 2.14. The van der Waals surface area contributed by atoms with Crippen LogP contribution in [0.15, 0.2) is 47.8 Å². The monoisotopic (exact) mass is 354 g/mol. The van der Waals surface area contributed by atoms with Crippen LogP contribution in [0.3, 0.4) is 0 Å². The average molecular weight is 355 g/mol. The van der Waals surface area contributed by atoms with Gasteiger partial charge in [0.2, 0.25) is 0 Å². The molecule has 0 radical (unpaired) electrons. The summed E-state index contributed by atoms with van der Waals surface area (Å²) < 4.78 is 0. The predicted molar refractivity (Wildman–Crippen MR) is 95.8 cm³/mol. The fraction of sp³-hybridized carbons (Fsp3) is 0. The van der Waals surface area contributed by atoms with E-state index in [1.54, 1.807) is 6.08 Å². The molecule has 6 heteroatoms. The van der Waals surface area contributed by atoms with Crippen LogP contribution in [0.2, 0.25) is 5.02 Å². The molecule has 1 heterocycles. The summed E-state index contributed by atoms with van der Waals surface area (Å²) in [6.45, 7) is 0. The average Bonchev–Trinajstić information content (AvgIpc) is 3.08. The SMILES string of the molecule is N#C/C(=C\c1cc(O)c(O)c(Cl)c1)c1nc(-c2ccccc2)cs1. The Hall–Kier alpha value is -2.81. The molecule has 0 unspecified atom stereocenters. The van der Waals surface area contributed by atoms with Crippen LogP contribution in [0.4, 0.5) is 0 Å². The van der Waals surface area contributed by atoms with E-state index in [0.29, 0.717) is 16.1 Å². The number of aromatic hydroxyl groups is 2. The number of rotatable bonds is 3. The Balaban J connectivity index is 1.98. The third-order valence-corrected chi connectivity index (χ3v) is 4.46. The van der Waals surface area contributed by atoms with Gasteiger partial charge >= 0.3 is 0 Å². The van der Waals surface area contributed by atoms with Crippen molar-refractivity contribution in [3.05, 3.63) is 63.4 Å². The highest BCUT2D eigenvalue weighted by molar-refractivity contribution is 7.11. The zero-order valence-corrected chi connectivity index (χ0v) is 13.8. The number of benzene rings is 2. The largest absolute Gasteiger partial charge is 0.504 e. The maximum Gasteiger partial charge on any atom is 0.176 e. The molecule has 0 atom stereocenters. The summed E-state index contributed by atoms with van der Waals surface area (Å²) in [6.07, 6.45) is 1.57. The van der Waals surface area contributed by atoms with E-state index in [4.69, 9.17) is 11.6 Å². The van der Waals surface area contributed by atoms with Gasteiger partial charge in [0.1, 0.15) is 11.1 Å². The van der Waals surface area contributed by atoms with Crippen LogP contribution < -0.4 is 0 Å². The van der Waals surface area contributed by atoms with Crippen LogP contribution in [-0.4, -0.2) is 15.2 Å². The summed E-state index contributed by atoms with van der Waals surface area (Å²) in [7, 11) is 0. The molecule has 0 aliphatic heterocycles. The lowest BCUT2D eigenvalue weighted by Crippen LogP contribution is -1.83. The Morgan fingerprint density at radius 2 is 1.96 bits per heavy atom. The third kappa shape index (κ3) is 3.25. The zero-order chi connectivity index (χ0) is 17.1. The van der Waals surface area contributed by atoms with Gasteiger partial charge in [-0.15, -0.1) is 11.3 Å². The minimum absolute atomic E-state index is 0.0163. The van der Waals surface area contributed by atoms with Gasteiger partial charge in [0.15, 0.2) is 11.5 Å². The maximum absolute atomic E-state index is 9.63. The van der Waals surface area contributed by atoms with Gasteiger partial charge in [0.05, 0.1) is 16.3 Å². The zero-order valence-electron chi connectivity index (χ0n) is 12.3. The number of halogens is 1. The number of allylic oxidation sites excluding steroid dienone is 1. The number of nitrogens with zero attached hydrogens (tertiary/aromatic N) is 2. The van der Waals surface area contributed by atoms with Gasteiger partial charge in [-0.3, -0.25) is 0 Å². The molecule has 2 N–H and O–H groups in total. The summed E-state index contributed by atoms with van der Waals surface area (Å²) in [5, 5.41) is 31.0. The Morgan fingerprint density at radius 3 is 2.62 bits per heavy atom. The topological polar surface area (TPSA) is 77.1 Å². The number of phenols is 2. The van der Waals surface area contributed by atoms with Gasteiger partial charge in [0.25, 0.3) is 0 Å². The minimum atomic E-state index is -0.382. The van der Waals surface area contributed by atoms with Crippen molar-refractivity contribution >= 4 is 34.6 Å². The molecule has 3 aromatic rings. The van der Waals surface area contributed by atoms with Crippen molar-refractivity contribution in [2.45, 2.75) is 0 Å². The lowest BCUT2D eigenvalue weighted by molar-refractivity contribution is 0.404. The number of thiazole rings is 1. The van der Waals surface area contributed by atoms with Crippen LogP contribution in [0, 0.1) is 11.3 Å². The van der Waals surface area contributed by atoms with E-state index in [-0.39, 0.29) is 16.5 Å². The fourth-order valence-corrected chi connectivity index (χ4v) is 3.15. The van der Waals surface area contributed by atoms with Crippen molar-refractivity contribution in [3.63, 3.8) is 0 Å². The number of phenolic OH excluding ortho intramolecular Hbond substituents is 2. The van der Waals surface area contributed by atoms with Gasteiger partial charge in [-0.2, -0.15) is 5.26 Å². The molecule has 0 aliphatic carbocycles. The molecule has 0 saturated carbocycles. The van der Waals surface area contributed by atoms with Crippen molar-refractivity contribution in [1.29, 1.82) is 5.26 Å². The van der Waals surface area contributed by atoms with Crippen molar-refractivity contribution in [3.8, 4) is 28.8 Å². The molecule has 4 nitrogen and oxygen atoms in total. The Kier molecular flexibility index (Phi) is 4.52. The van der Waals surface area contributed by atoms with E-state index in [2.05, 4.69) is 11.1 Å². The van der Waals surface area contributed by atoms with Crippen LogP contribution >= 0.6 is 22.9 Å². The summed E-state index contributed by atoms with van der Waals surface area (Å²) in [4.78, 5) is 4.49. The molecule has 0 amide bonds. The van der Waals surface area contributed by atoms with Crippen molar-refractivity contribution in [2.24, 2.45) is 0 Å². The first-order valence-corrected chi connectivity index (χ1v) is 8.19. The summed E-state index contributed by atoms with van der Waals surface area (Å²) in [5.74, 6) is -0.719. The molecule has 0 spiro atoms. The van der Waals surface area contributed by atoms with Gasteiger partial charge in [-0.05, 0) is 23.8 Å². The lowest BCUT2D eigenvalue weighted by atomic mass is 10.1. The van der Waals surface area contributed by atoms with E-state index in [9.17, 15) is 15.5 Å². The predicted octanol–water partition coefficient (Wildman–Crippen LogP) is 4.94. The maximum atomic E-state index is 9.63. The summed E-state index contributed by atoms with van der Waals surface area (Å²) in [5.41, 5.74) is 2.62.